The number of nitro benzene ring substituents is 1. The maximum Gasteiger partial charge on any atom is 0.413 e. The monoisotopic (exact) mass is 382 g/mol. The Morgan fingerprint density at radius 3 is 2.43 bits per heavy atom. The Morgan fingerprint density at radius 1 is 1.14 bits per heavy atom. The van der Waals surface area contributed by atoms with Crippen LogP contribution in [0.1, 0.15) is 15.9 Å². The largest absolute Gasteiger partial charge is 0.477 e. The molecule has 2 N–H and O–H groups in total. The molecule has 0 saturated heterocycles. The van der Waals surface area contributed by atoms with Crippen molar-refractivity contribution >= 4 is 23.6 Å². The molecular weight excluding hydrogens is 368 g/mol. The summed E-state index contributed by atoms with van der Waals surface area (Å²) in [5, 5.41) is 26.4. The number of nitrogens with zero attached hydrogens (tertiary/aromatic N) is 3. The Bertz CT molecular complexity index is 1010. The summed E-state index contributed by atoms with van der Waals surface area (Å²) in [5.41, 5.74) is 0.706. The van der Waals surface area contributed by atoms with Gasteiger partial charge >= 0.3 is 12.1 Å². The van der Waals surface area contributed by atoms with Crippen molar-refractivity contribution in [3.05, 3.63) is 82.0 Å². The number of non-ortho nitro benzene ring substituents is 1. The van der Waals surface area contributed by atoms with Crippen molar-refractivity contribution in [1.29, 1.82) is 0 Å². The lowest BCUT2D eigenvalue weighted by Crippen LogP contribution is -2.18. The molecule has 3 aromatic rings. The van der Waals surface area contributed by atoms with Crippen LogP contribution in [-0.4, -0.2) is 31.9 Å². The number of anilines is 1. The minimum absolute atomic E-state index is 0.000741. The molecule has 2 aromatic carbocycles. The van der Waals surface area contributed by atoms with Crippen LogP contribution in [0.5, 0.6) is 0 Å². The number of amides is 1. The summed E-state index contributed by atoms with van der Waals surface area (Å²) in [7, 11) is 0. The van der Waals surface area contributed by atoms with E-state index < -0.39 is 17.0 Å². The van der Waals surface area contributed by atoms with Crippen LogP contribution in [-0.2, 0) is 11.3 Å². The molecule has 1 aromatic heterocycles. The first-order valence-electron chi connectivity index (χ1n) is 7.99. The number of nitrogens with one attached hydrogen (secondary N) is 1. The van der Waals surface area contributed by atoms with E-state index in [9.17, 15) is 24.8 Å². The van der Waals surface area contributed by atoms with E-state index in [0.29, 0.717) is 5.69 Å². The molecule has 3 rings (SSSR count). The minimum Gasteiger partial charge on any atom is -0.477 e. The van der Waals surface area contributed by atoms with E-state index in [1.54, 1.807) is 24.3 Å². The zero-order valence-electron chi connectivity index (χ0n) is 14.3. The van der Waals surface area contributed by atoms with E-state index in [4.69, 9.17) is 4.74 Å². The fourth-order valence-electron chi connectivity index (χ4n) is 2.39. The van der Waals surface area contributed by atoms with E-state index in [1.807, 2.05) is 6.07 Å². The minimum atomic E-state index is -1.30. The molecule has 0 aliphatic carbocycles. The highest BCUT2D eigenvalue weighted by atomic mass is 16.6. The number of nitro groups is 1. The van der Waals surface area contributed by atoms with Crippen LogP contribution >= 0.6 is 0 Å². The molecule has 10 heteroatoms. The predicted octanol–water partition coefficient (Wildman–Crippen LogP) is 3.23. The van der Waals surface area contributed by atoms with Crippen LogP contribution in [0.3, 0.4) is 0 Å². The Labute approximate surface area is 158 Å². The summed E-state index contributed by atoms with van der Waals surface area (Å²) >= 11 is 0. The highest BCUT2D eigenvalue weighted by Gasteiger charge is 2.21. The third-order valence-electron chi connectivity index (χ3n) is 3.74. The number of carbonyl (C=O) groups is 2. The van der Waals surface area contributed by atoms with Crippen molar-refractivity contribution in [2.75, 3.05) is 5.32 Å². The van der Waals surface area contributed by atoms with Crippen molar-refractivity contribution < 1.29 is 24.4 Å². The fourth-order valence-corrected chi connectivity index (χ4v) is 2.39. The molecule has 0 unspecified atom stereocenters. The van der Waals surface area contributed by atoms with Crippen molar-refractivity contribution in [1.82, 2.24) is 9.78 Å². The second-order valence-corrected chi connectivity index (χ2v) is 5.58. The maximum atomic E-state index is 12.1. The Morgan fingerprint density at radius 2 is 1.82 bits per heavy atom. The molecule has 0 radical (unpaired) electrons. The fraction of sp³-hybridized carbons (Fsp3) is 0.0556. The van der Waals surface area contributed by atoms with Crippen molar-refractivity contribution in [3.63, 3.8) is 0 Å². The van der Waals surface area contributed by atoms with Gasteiger partial charge in [-0.25, -0.2) is 14.3 Å². The van der Waals surface area contributed by atoms with Crippen LogP contribution < -0.4 is 5.32 Å². The number of carboxylic acids is 1. The van der Waals surface area contributed by atoms with Gasteiger partial charge in [-0.1, -0.05) is 30.3 Å². The summed E-state index contributed by atoms with van der Waals surface area (Å²) in [5.74, 6) is -1.43. The van der Waals surface area contributed by atoms with Gasteiger partial charge in [0.1, 0.15) is 12.2 Å². The normalized spacial score (nSPS) is 10.3. The molecule has 0 atom stereocenters. The average molecular weight is 382 g/mol. The number of hydrogen-bond acceptors (Lipinski definition) is 6. The summed E-state index contributed by atoms with van der Waals surface area (Å²) in [6.07, 6.45) is 0.200. The molecule has 1 heterocycles. The first kappa shape index (κ1) is 18.6. The highest BCUT2D eigenvalue weighted by Crippen LogP contribution is 2.22. The molecule has 142 valence electrons. The zero-order valence-corrected chi connectivity index (χ0v) is 14.3. The van der Waals surface area contributed by atoms with E-state index in [2.05, 4.69) is 10.4 Å². The number of rotatable bonds is 6. The first-order chi connectivity index (χ1) is 13.5. The molecule has 0 aliphatic heterocycles. The lowest BCUT2D eigenvalue weighted by molar-refractivity contribution is -0.384. The van der Waals surface area contributed by atoms with Crippen LogP contribution in [0, 0.1) is 10.1 Å². The summed E-state index contributed by atoms with van der Waals surface area (Å²) in [6, 6.07) is 14.2. The van der Waals surface area contributed by atoms with Gasteiger partial charge in [0.05, 0.1) is 16.8 Å². The zero-order chi connectivity index (χ0) is 20.1. The smallest absolute Gasteiger partial charge is 0.413 e. The van der Waals surface area contributed by atoms with Crippen LogP contribution in [0.2, 0.25) is 0 Å². The van der Waals surface area contributed by atoms with Gasteiger partial charge < -0.3 is 9.84 Å². The molecule has 0 bridgehead atoms. The molecule has 10 nitrogen and oxygen atoms in total. The third-order valence-corrected chi connectivity index (χ3v) is 3.74. The molecule has 0 spiro atoms. The summed E-state index contributed by atoms with van der Waals surface area (Å²) in [6.45, 7) is 0.000741. The number of hydrogen-bond donors (Lipinski definition) is 2. The van der Waals surface area contributed by atoms with Gasteiger partial charge in [0.25, 0.3) is 5.69 Å². The number of carboxylic acid groups (broad SMARTS) is 1. The van der Waals surface area contributed by atoms with E-state index in [0.717, 1.165) is 16.4 Å². The first-order valence-corrected chi connectivity index (χ1v) is 7.99. The van der Waals surface area contributed by atoms with Gasteiger partial charge in [-0.05, 0) is 17.7 Å². The number of ether oxygens (including phenoxy) is 1. The lowest BCUT2D eigenvalue weighted by Gasteiger charge is -2.11. The van der Waals surface area contributed by atoms with E-state index in [-0.39, 0.29) is 23.7 Å². The summed E-state index contributed by atoms with van der Waals surface area (Å²) < 4.78 is 6.25. The second-order valence-electron chi connectivity index (χ2n) is 5.58. The molecule has 1 amide bonds. The number of carbonyl (C=O) groups excluding carboxylic acids is 1. The Balaban J connectivity index is 1.82. The Kier molecular flexibility index (Phi) is 5.30. The number of benzene rings is 2. The molecular formula is C18H14N4O6. The number of aromatic carboxylic acids is 1. The standard InChI is InChI=1S/C18H14N4O6/c23-17(24)15-10-19-21(13-6-8-14(9-7-13)22(26)27)16(15)20-18(25)28-11-12-4-2-1-3-5-12/h1-10H,11H2,(H,20,25)(H,23,24). The summed E-state index contributed by atoms with van der Waals surface area (Å²) in [4.78, 5) is 33.8. The predicted molar refractivity (Wildman–Crippen MR) is 97.4 cm³/mol. The van der Waals surface area contributed by atoms with Crippen LogP contribution in [0.25, 0.3) is 5.69 Å². The second kappa shape index (κ2) is 7.99. The molecule has 0 saturated carbocycles. The van der Waals surface area contributed by atoms with Gasteiger partial charge in [0.2, 0.25) is 0 Å². The van der Waals surface area contributed by atoms with Crippen molar-refractivity contribution in [2.24, 2.45) is 0 Å². The van der Waals surface area contributed by atoms with Crippen LogP contribution in [0.4, 0.5) is 16.3 Å². The quantitative estimate of drug-likeness (QED) is 0.493. The van der Waals surface area contributed by atoms with Gasteiger partial charge in [0.15, 0.2) is 5.82 Å². The third kappa shape index (κ3) is 4.12. The molecule has 0 fully saturated rings. The van der Waals surface area contributed by atoms with Crippen molar-refractivity contribution in [3.8, 4) is 5.69 Å². The Hall–Kier alpha value is -4.21. The van der Waals surface area contributed by atoms with Gasteiger partial charge in [-0.15, -0.1) is 0 Å². The van der Waals surface area contributed by atoms with E-state index >= 15 is 0 Å². The van der Waals surface area contributed by atoms with Crippen LogP contribution in [0.15, 0.2) is 60.8 Å². The van der Waals surface area contributed by atoms with E-state index in [1.165, 1.54) is 24.3 Å². The molecule has 0 aliphatic rings. The highest BCUT2D eigenvalue weighted by molar-refractivity contribution is 5.97. The molecule has 28 heavy (non-hydrogen) atoms. The topological polar surface area (TPSA) is 137 Å². The maximum absolute atomic E-state index is 12.1. The van der Waals surface area contributed by atoms with Crippen molar-refractivity contribution in [2.45, 2.75) is 6.61 Å². The van der Waals surface area contributed by atoms with Gasteiger partial charge in [-0.3, -0.25) is 15.4 Å². The average Bonchev–Trinajstić information content (AvgIpc) is 3.11. The lowest BCUT2D eigenvalue weighted by atomic mass is 10.2. The number of aromatic nitrogens is 2. The van der Waals surface area contributed by atoms with Gasteiger partial charge in [-0.2, -0.15) is 5.10 Å². The van der Waals surface area contributed by atoms with Gasteiger partial charge in [0, 0.05) is 12.1 Å². The SMILES string of the molecule is O=C(Nc1c(C(=O)O)cnn1-c1ccc([N+](=O)[O-])cc1)OCc1ccccc1.